The molecule has 0 N–H and O–H groups in total. The maximum Gasteiger partial charge on any atom is -0.0414 e. The molecule has 0 aliphatic heterocycles. The van der Waals surface area contributed by atoms with Crippen molar-refractivity contribution in [3.05, 3.63) is 6.92 Å². The van der Waals surface area contributed by atoms with Crippen molar-refractivity contribution in [2.75, 3.05) is 0 Å². The van der Waals surface area contributed by atoms with Gasteiger partial charge in [0.1, 0.15) is 0 Å². The summed E-state index contributed by atoms with van der Waals surface area (Å²) in [5.41, 5.74) is 0. The lowest BCUT2D eigenvalue weighted by molar-refractivity contribution is 0.365. The van der Waals surface area contributed by atoms with E-state index in [-0.39, 0.29) is 0 Å². The Kier molecular flexibility index (Phi) is 43.0. The molecule has 0 saturated heterocycles. The first-order valence-electron chi connectivity index (χ1n) is 22.6. The highest BCUT2D eigenvalue weighted by molar-refractivity contribution is 4.63. The van der Waals surface area contributed by atoms with Crippen LogP contribution in [-0.2, 0) is 0 Å². The molecule has 277 valence electrons. The summed E-state index contributed by atoms with van der Waals surface area (Å²) in [5, 5.41) is 0. The second-order valence-corrected chi connectivity index (χ2v) is 15.8. The van der Waals surface area contributed by atoms with Gasteiger partial charge in [-0.3, -0.25) is 0 Å². The average molecular weight is 646 g/mol. The minimum absolute atomic E-state index is 1.03. The Morgan fingerprint density at radius 3 is 0.609 bits per heavy atom. The van der Waals surface area contributed by atoms with Gasteiger partial charge in [-0.25, -0.2) is 0 Å². The van der Waals surface area contributed by atoms with Crippen LogP contribution in [0.4, 0.5) is 0 Å². The maximum absolute atomic E-state index is 3.95. The fraction of sp³-hybridized carbons (Fsp3) is 0.978. The molecule has 46 heavy (non-hydrogen) atoms. The Hall–Kier alpha value is 0. The van der Waals surface area contributed by atoms with Gasteiger partial charge in [0.15, 0.2) is 0 Å². The van der Waals surface area contributed by atoms with Gasteiger partial charge in [0.2, 0.25) is 0 Å². The van der Waals surface area contributed by atoms with Gasteiger partial charge in [0.25, 0.3) is 0 Å². The van der Waals surface area contributed by atoms with E-state index in [1.54, 1.807) is 0 Å². The van der Waals surface area contributed by atoms with Crippen LogP contribution in [0.3, 0.4) is 0 Å². The minimum Gasteiger partial charge on any atom is -0.0654 e. The third-order valence-corrected chi connectivity index (χ3v) is 11.0. The molecule has 0 aromatic carbocycles. The van der Waals surface area contributed by atoms with Crippen LogP contribution in [-0.4, -0.2) is 0 Å². The molecule has 0 fully saturated rings. The topological polar surface area (TPSA) is 0 Å². The SMILES string of the molecule is [CH2]CCCCCCCCCCCCCCCCCC(CCCCCCCCCCCC)CCCCCCCCCCCCCCC. The van der Waals surface area contributed by atoms with Crippen LogP contribution in [0.1, 0.15) is 284 Å². The monoisotopic (exact) mass is 646 g/mol. The van der Waals surface area contributed by atoms with Gasteiger partial charge in [-0.2, -0.15) is 0 Å². The van der Waals surface area contributed by atoms with Crippen molar-refractivity contribution >= 4 is 0 Å². The van der Waals surface area contributed by atoms with Gasteiger partial charge >= 0.3 is 0 Å². The lowest BCUT2D eigenvalue weighted by Crippen LogP contribution is -2.01. The van der Waals surface area contributed by atoms with Crippen molar-refractivity contribution < 1.29 is 0 Å². The number of unbranched alkanes of at least 4 members (excludes halogenated alkanes) is 36. The molecule has 0 nitrogen and oxygen atoms in total. The fourth-order valence-electron chi connectivity index (χ4n) is 7.71. The first kappa shape index (κ1) is 46.0. The molecule has 0 saturated carbocycles. The molecule has 0 aromatic heterocycles. The van der Waals surface area contributed by atoms with E-state index in [2.05, 4.69) is 20.8 Å². The zero-order chi connectivity index (χ0) is 33.3. The Morgan fingerprint density at radius 1 is 0.239 bits per heavy atom. The molecular weight excluding hydrogens is 553 g/mol. The van der Waals surface area contributed by atoms with E-state index in [1.807, 2.05) is 0 Å². The maximum atomic E-state index is 3.95. The molecule has 0 bridgehead atoms. The lowest BCUT2D eigenvalue weighted by Gasteiger charge is -2.17. The summed E-state index contributed by atoms with van der Waals surface area (Å²) in [6, 6.07) is 0. The van der Waals surface area contributed by atoms with Crippen molar-refractivity contribution in [3.8, 4) is 0 Å². The first-order valence-corrected chi connectivity index (χ1v) is 22.6. The van der Waals surface area contributed by atoms with E-state index in [9.17, 15) is 0 Å². The number of rotatable bonds is 42. The molecule has 0 heterocycles. The lowest BCUT2D eigenvalue weighted by atomic mass is 9.89. The van der Waals surface area contributed by atoms with Gasteiger partial charge in [-0.05, 0) is 5.92 Å². The molecular formula is C46H93. The molecule has 0 spiro atoms. The van der Waals surface area contributed by atoms with Crippen LogP contribution >= 0.6 is 0 Å². The summed E-state index contributed by atoms with van der Waals surface area (Å²) in [6.07, 6.45) is 61.7. The van der Waals surface area contributed by atoms with E-state index in [0.29, 0.717) is 0 Å². The van der Waals surface area contributed by atoms with Crippen LogP contribution in [0.15, 0.2) is 0 Å². The van der Waals surface area contributed by atoms with Crippen molar-refractivity contribution in [2.24, 2.45) is 5.92 Å². The van der Waals surface area contributed by atoms with Crippen LogP contribution in [0.5, 0.6) is 0 Å². The normalized spacial score (nSPS) is 12.3. The molecule has 1 atom stereocenters. The summed E-state index contributed by atoms with van der Waals surface area (Å²) in [4.78, 5) is 0. The summed E-state index contributed by atoms with van der Waals surface area (Å²) < 4.78 is 0. The summed E-state index contributed by atoms with van der Waals surface area (Å²) in [7, 11) is 0. The molecule has 0 rings (SSSR count). The zero-order valence-electron chi connectivity index (χ0n) is 33.0. The Bertz CT molecular complexity index is 494. The summed E-state index contributed by atoms with van der Waals surface area (Å²) in [5.74, 6) is 1.03. The third kappa shape index (κ3) is 40.2. The van der Waals surface area contributed by atoms with E-state index >= 15 is 0 Å². The van der Waals surface area contributed by atoms with Crippen LogP contribution in [0.25, 0.3) is 0 Å². The smallest absolute Gasteiger partial charge is 0.0414 e. The van der Waals surface area contributed by atoms with Gasteiger partial charge in [-0.1, -0.05) is 290 Å². The Labute approximate surface area is 295 Å². The standard InChI is InChI=1S/C46H93/c1-4-7-10-13-16-19-22-24-25-26-28-30-33-36-39-42-45-46(43-40-37-34-31-21-18-15-12-9-6-3)44-41-38-35-32-29-27-23-20-17-14-11-8-5-2/h46H,1,4-45H2,2-3H3. The van der Waals surface area contributed by atoms with Crippen molar-refractivity contribution in [2.45, 2.75) is 284 Å². The molecule has 0 amide bonds. The Balaban J connectivity index is 3.87. The van der Waals surface area contributed by atoms with E-state index in [4.69, 9.17) is 0 Å². The van der Waals surface area contributed by atoms with Crippen molar-refractivity contribution in [1.82, 2.24) is 0 Å². The van der Waals surface area contributed by atoms with E-state index in [1.165, 1.54) is 263 Å². The van der Waals surface area contributed by atoms with Gasteiger partial charge in [-0.15, -0.1) is 0 Å². The van der Waals surface area contributed by atoms with Gasteiger partial charge in [0, 0.05) is 0 Å². The van der Waals surface area contributed by atoms with E-state index in [0.717, 1.165) is 12.3 Å². The molecule has 1 unspecified atom stereocenters. The van der Waals surface area contributed by atoms with Crippen LogP contribution < -0.4 is 0 Å². The molecule has 0 aliphatic rings. The highest BCUT2D eigenvalue weighted by atomic mass is 14.1. The minimum atomic E-state index is 1.03. The highest BCUT2D eigenvalue weighted by Gasteiger charge is 2.09. The van der Waals surface area contributed by atoms with Crippen LogP contribution in [0.2, 0.25) is 0 Å². The van der Waals surface area contributed by atoms with Crippen LogP contribution in [0, 0.1) is 12.8 Å². The average Bonchev–Trinajstić information content (AvgIpc) is 3.07. The van der Waals surface area contributed by atoms with Crippen molar-refractivity contribution in [3.63, 3.8) is 0 Å². The van der Waals surface area contributed by atoms with Gasteiger partial charge < -0.3 is 0 Å². The Morgan fingerprint density at radius 2 is 0.413 bits per heavy atom. The van der Waals surface area contributed by atoms with E-state index < -0.39 is 0 Å². The fourth-order valence-corrected chi connectivity index (χ4v) is 7.71. The van der Waals surface area contributed by atoms with Crippen molar-refractivity contribution in [1.29, 1.82) is 0 Å². The molecule has 1 radical (unpaired) electrons. The van der Waals surface area contributed by atoms with Gasteiger partial charge in [0.05, 0.1) is 0 Å². The zero-order valence-corrected chi connectivity index (χ0v) is 33.0. The number of hydrogen-bond acceptors (Lipinski definition) is 0. The summed E-state index contributed by atoms with van der Waals surface area (Å²) >= 11 is 0. The second kappa shape index (κ2) is 43.0. The third-order valence-electron chi connectivity index (χ3n) is 11.0. The molecule has 0 heteroatoms. The summed E-state index contributed by atoms with van der Waals surface area (Å²) in [6.45, 7) is 8.60. The predicted molar refractivity (Wildman–Crippen MR) is 214 cm³/mol. The molecule has 0 aromatic rings. The quantitative estimate of drug-likeness (QED) is 0.0579. The highest BCUT2D eigenvalue weighted by Crippen LogP contribution is 2.25. The first-order chi connectivity index (χ1) is 22.8. The molecule has 0 aliphatic carbocycles. The second-order valence-electron chi connectivity index (χ2n) is 15.8. The predicted octanol–water partition coefficient (Wildman–Crippen LogP) is 17.9. The largest absolute Gasteiger partial charge is 0.0654 e. The number of hydrogen-bond donors (Lipinski definition) is 0.